The standard InChI is InChI=1S/C39H45N7O6/c1-7-21(2)35(38(49)44-39-43-33(45-46-39)17-13-24-20-40-28-11-9-8-10-25(24)28)42-30-16-14-26-27(19-31(30)48)29(41-22(3)47)15-12-23-18-32(50-4)36(51-5)37(52-6)34(23)26/h8-11,14,16,18-21,29,35,40H,7,12-13,15,17H2,1-6H3,(H,41,47)(H,42,48)(H2,43,44,45,46,49)/t21-,29+,35+/m1/s1. The fourth-order valence-corrected chi connectivity index (χ4v) is 6.94. The summed E-state index contributed by atoms with van der Waals surface area (Å²) in [6.45, 7) is 5.38. The highest BCUT2D eigenvalue weighted by atomic mass is 16.5. The Labute approximate surface area is 301 Å². The average molecular weight is 708 g/mol. The molecule has 0 unspecified atom stereocenters. The Bertz CT molecular complexity index is 2160. The van der Waals surface area contributed by atoms with E-state index in [-0.39, 0.29) is 34.8 Å². The van der Waals surface area contributed by atoms with Crippen LogP contribution in [0.5, 0.6) is 17.2 Å². The van der Waals surface area contributed by atoms with E-state index in [1.54, 1.807) is 20.3 Å². The molecule has 0 bridgehead atoms. The van der Waals surface area contributed by atoms with Crippen LogP contribution in [0.4, 0.5) is 11.6 Å². The quantitative estimate of drug-likeness (QED) is 0.103. The number of anilines is 2. The minimum Gasteiger partial charge on any atom is -0.493 e. The van der Waals surface area contributed by atoms with Crippen molar-refractivity contribution in [1.82, 2.24) is 25.5 Å². The molecular formula is C39H45N7O6. The molecule has 0 spiro atoms. The first-order valence-electron chi connectivity index (χ1n) is 17.5. The summed E-state index contributed by atoms with van der Waals surface area (Å²) >= 11 is 0. The van der Waals surface area contributed by atoms with Crippen molar-refractivity contribution in [3.8, 4) is 28.4 Å². The van der Waals surface area contributed by atoms with E-state index in [4.69, 9.17) is 14.2 Å². The lowest BCUT2D eigenvalue weighted by Gasteiger charge is -2.23. The van der Waals surface area contributed by atoms with Crippen LogP contribution in [-0.2, 0) is 28.9 Å². The zero-order valence-corrected chi connectivity index (χ0v) is 30.3. The van der Waals surface area contributed by atoms with E-state index in [2.05, 4.69) is 42.2 Å². The minimum atomic E-state index is -0.787. The number of aromatic nitrogens is 4. The number of fused-ring (bicyclic) bond motifs is 4. The van der Waals surface area contributed by atoms with Gasteiger partial charge in [-0.15, -0.1) is 5.10 Å². The molecule has 0 radical (unpaired) electrons. The van der Waals surface area contributed by atoms with Crippen molar-refractivity contribution in [2.24, 2.45) is 5.92 Å². The summed E-state index contributed by atoms with van der Waals surface area (Å²) in [6.07, 6.45) is 5.12. The van der Waals surface area contributed by atoms with Crippen molar-refractivity contribution in [2.45, 2.75) is 65.0 Å². The molecule has 6 rings (SSSR count). The molecule has 3 aromatic carbocycles. The molecule has 0 fully saturated rings. The van der Waals surface area contributed by atoms with Gasteiger partial charge in [-0.2, -0.15) is 4.98 Å². The van der Waals surface area contributed by atoms with Gasteiger partial charge in [0.15, 0.2) is 11.5 Å². The maximum absolute atomic E-state index is 14.0. The van der Waals surface area contributed by atoms with E-state index in [1.807, 2.05) is 50.4 Å². The summed E-state index contributed by atoms with van der Waals surface area (Å²) in [4.78, 5) is 48.0. The van der Waals surface area contributed by atoms with E-state index in [0.717, 1.165) is 28.5 Å². The van der Waals surface area contributed by atoms with Crippen molar-refractivity contribution < 1.29 is 23.8 Å². The van der Waals surface area contributed by atoms with E-state index >= 15 is 0 Å². The predicted molar refractivity (Wildman–Crippen MR) is 200 cm³/mol. The molecule has 1 aliphatic carbocycles. The smallest absolute Gasteiger partial charge is 0.249 e. The monoisotopic (exact) mass is 707 g/mol. The minimum absolute atomic E-state index is 0.160. The second-order valence-corrected chi connectivity index (χ2v) is 13.1. The first-order chi connectivity index (χ1) is 25.1. The van der Waals surface area contributed by atoms with Crippen molar-refractivity contribution in [1.29, 1.82) is 0 Å². The number of hydrogen-bond acceptors (Lipinski definition) is 9. The third-order valence-corrected chi connectivity index (χ3v) is 9.80. The molecule has 2 heterocycles. The Hall–Kier alpha value is -5.85. The fraction of sp³-hybridized carbons (Fsp3) is 0.359. The molecule has 52 heavy (non-hydrogen) atoms. The number of nitrogens with zero attached hydrogens (tertiary/aromatic N) is 2. The van der Waals surface area contributed by atoms with Crippen LogP contribution in [0.15, 0.2) is 59.5 Å². The van der Waals surface area contributed by atoms with Crippen molar-refractivity contribution >= 4 is 34.4 Å². The molecule has 272 valence electrons. The maximum Gasteiger partial charge on any atom is 0.249 e. The molecule has 0 aliphatic heterocycles. The normalized spacial score (nSPS) is 14.7. The van der Waals surface area contributed by atoms with Gasteiger partial charge in [-0.1, -0.05) is 44.5 Å². The van der Waals surface area contributed by atoms with Crippen LogP contribution in [0.3, 0.4) is 0 Å². The summed E-state index contributed by atoms with van der Waals surface area (Å²) in [6, 6.07) is 13.8. The molecule has 2 aromatic heterocycles. The molecular weight excluding hydrogens is 662 g/mol. The zero-order valence-electron chi connectivity index (χ0n) is 30.3. The van der Waals surface area contributed by atoms with Crippen LogP contribution in [0, 0.1) is 5.92 Å². The number of ether oxygens (including phenoxy) is 3. The van der Waals surface area contributed by atoms with Crippen LogP contribution in [0.25, 0.3) is 22.0 Å². The first kappa shape index (κ1) is 36.0. The van der Waals surface area contributed by atoms with Gasteiger partial charge in [0.25, 0.3) is 0 Å². The number of hydrogen-bond donors (Lipinski definition) is 5. The number of para-hydroxylation sites is 1. The van der Waals surface area contributed by atoms with Gasteiger partial charge < -0.3 is 29.8 Å². The van der Waals surface area contributed by atoms with Crippen LogP contribution < -0.4 is 35.6 Å². The van der Waals surface area contributed by atoms with Crippen LogP contribution in [0.2, 0.25) is 0 Å². The number of carbonyl (C=O) groups is 2. The summed E-state index contributed by atoms with van der Waals surface area (Å²) < 4.78 is 17.2. The zero-order chi connectivity index (χ0) is 36.9. The number of nitrogens with one attached hydrogen (secondary N) is 5. The van der Waals surface area contributed by atoms with Crippen LogP contribution in [-0.4, -0.2) is 59.4 Å². The summed E-state index contributed by atoms with van der Waals surface area (Å²) in [5, 5.41) is 17.4. The lowest BCUT2D eigenvalue weighted by atomic mass is 9.95. The number of aromatic amines is 2. The molecule has 13 nitrogen and oxygen atoms in total. The Morgan fingerprint density at radius 2 is 1.81 bits per heavy atom. The van der Waals surface area contributed by atoms with Gasteiger partial charge in [-0.3, -0.25) is 24.8 Å². The molecule has 0 saturated carbocycles. The topological polar surface area (TPSA) is 172 Å². The van der Waals surface area contributed by atoms with Crippen molar-refractivity contribution in [3.63, 3.8) is 0 Å². The molecule has 1 aliphatic rings. The molecule has 13 heteroatoms. The van der Waals surface area contributed by atoms with Gasteiger partial charge in [0.1, 0.15) is 11.9 Å². The van der Waals surface area contributed by atoms with Gasteiger partial charge in [-0.25, -0.2) is 0 Å². The number of carbonyl (C=O) groups excluding carboxylic acids is 2. The Morgan fingerprint density at radius 1 is 1.02 bits per heavy atom. The van der Waals surface area contributed by atoms with E-state index in [1.165, 1.54) is 25.7 Å². The van der Waals surface area contributed by atoms with Gasteiger partial charge in [0, 0.05) is 36.0 Å². The highest BCUT2D eigenvalue weighted by molar-refractivity contribution is 5.95. The van der Waals surface area contributed by atoms with Crippen molar-refractivity contribution in [3.05, 3.63) is 87.5 Å². The maximum atomic E-state index is 14.0. The third-order valence-electron chi connectivity index (χ3n) is 9.80. The lowest BCUT2D eigenvalue weighted by Crippen LogP contribution is -2.41. The number of methoxy groups -OCH3 is 3. The Kier molecular flexibility index (Phi) is 10.8. The molecule has 5 aromatic rings. The van der Waals surface area contributed by atoms with E-state index in [9.17, 15) is 14.4 Å². The molecule has 5 N–H and O–H groups in total. The third kappa shape index (κ3) is 7.30. The summed E-state index contributed by atoms with van der Waals surface area (Å²) in [5.41, 5.74) is 5.12. The van der Waals surface area contributed by atoms with E-state index < -0.39 is 12.1 Å². The Morgan fingerprint density at radius 3 is 2.54 bits per heavy atom. The van der Waals surface area contributed by atoms with Gasteiger partial charge in [0.2, 0.25) is 28.9 Å². The second-order valence-electron chi connectivity index (χ2n) is 13.1. The SMILES string of the molecule is CC[C@@H](C)[C@H](Nc1ccc2c(cc1=O)[C@@H](NC(C)=O)CCc1cc(OC)c(OC)c(OC)c1-2)C(=O)Nc1n[nH]c(CCc2c[nH]c3ccccc23)n1. The van der Waals surface area contributed by atoms with Crippen LogP contribution in [0.1, 0.15) is 62.2 Å². The largest absolute Gasteiger partial charge is 0.493 e. The number of rotatable bonds is 13. The molecule has 3 atom stereocenters. The molecule has 2 amide bonds. The van der Waals surface area contributed by atoms with E-state index in [0.29, 0.717) is 59.9 Å². The fourth-order valence-electron chi connectivity index (χ4n) is 6.94. The number of H-pyrrole nitrogens is 2. The van der Waals surface area contributed by atoms with Crippen molar-refractivity contribution in [2.75, 3.05) is 32.0 Å². The highest BCUT2D eigenvalue weighted by Gasteiger charge is 2.31. The van der Waals surface area contributed by atoms with Gasteiger partial charge >= 0.3 is 0 Å². The number of aryl methyl sites for hydroxylation is 3. The lowest BCUT2D eigenvalue weighted by molar-refractivity contribution is -0.120. The summed E-state index contributed by atoms with van der Waals surface area (Å²) in [5.74, 6) is 1.44. The number of benzene rings is 2. The predicted octanol–water partition coefficient (Wildman–Crippen LogP) is 5.71. The van der Waals surface area contributed by atoms with Gasteiger partial charge in [0.05, 0.1) is 33.1 Å². The highest BCUT2D eigenvalue weighted by Crippen LogP contribution is 2.50. The molecule has 0 saturated heterocycles. The second kappa shape index (κ2) is 15.6. The van der Waals surface area contributed by atoms with Crippen LogP contribution >= 0.6 is 0 Å². The van der Waals surface area contributed by atoms with Gasteiger partial charge in [-0.05, 0) is 71.7 Å². The number of amides is 2. The average Bonchev–Trinajstić information content (AvgIpc) is 3.70. The Balaban J connectivity index is 1.29. The summed E-state index contributed by atoms with van der Waals surface area (Å²) in [7, 11) is 4.66. The first-order valence-corrected chi connectivity index (χ1v) is 17.5.